The third-order valence-corrected chi connectivity index (χ3v) is 6.20. The third-order valence-electron chi connectivity index (χ3n) is 4.79. The van der Waals surface area contributed by atoms with E-state index in [4.69, 9.17) is 11.6 Å². The molecule has 1 fully saturated rings. The van der Waals surface area contributed by atoms with Gasteiger partial charge in [-0.1, -0.05) is 23.7 Å². The van der Waals surface area contributed by atoms with Crippen LogP contribution in [0.1, 0.15) is 18.4 Å². The summed E-state index contributed by atoms with van der Waals surface area (Å²) in [4.78, 5) is 3.13. The maximum absolute atomic E-state index is 12.9. The monoisotopic (exact) mass is 395 g/mol. The molecule has 3 rings (SSSR count). The number of halogens is 2. The van der Waals surface area contributed by atoms with Crippen LogP contribution in [0, 0.1) is 5.82 Å². The second kappa shape index (κ2) is 8.72. The zero-order valence-electron chi connectivity index (χ0n) is 14.4. The largest absolute Gasteiger partial charge is 0.391 e. The Kier molecular flexibility index (Phi) is 6.59. The number of piperidine rings is 1. The molecule has 0 bridgehead atoms. The highest BCUT2D eigenvalue weighted by Crippen LogP contribution is 2.33. The molecule has 0 aliphatic carbocycles. The lowest BCUT2D eigenvalue weighted by atomic mass is 9.84. The number of benzene rings is 2. The lowest BCUT2D eigenvalue weighted by molar-refractivity contribution is -0.0328. The Balaban J connectivity index is 1.45. The van der Waals surface area contributed by atoms with Crippen molar-refractivity contribution in [2.45, 2.75) is 29.4 Å². The Labute approximate surface area is 162 Å². The number of thioether (sulfide) groups is 1. The molecule has 1 saturated heterocycles. The van der Waals surface area contributed by atoms with Crippen LogP contribution in [0.15, 0.2) is 53.4 Å². The number of aliphatic hydroxyl groups excluding tert-OH is 1. The summed E-state index contributed by atoms with van der Waals surface area (Å²) >= 11 is 7.44. The van der Waals surface area contributed by atoms with Gasteiger partial charge in [0.25, 0.3) is 0 Å². The molecule has 2 N–H and O–H groups in total. The zero-order chi connectivity index (χ0) is 18.6. The smallest absolute Gasteiger partial charge is 0.123 e. The molecule has 26 heavy (non-hydrogen) atoms. The predicted octanol–water partition coefficient (Wildman–Crippen LogP) is 3.92. The molecule has 1 aliphatic rings. The summed E-state index contributed by atoms with van der Waals surface area (Å²) in [6.45, 7) is 2.04. The normalized spacial score (nSPS) is 18.6. The summed E-state index contributed by atoms with van der Waals surface area (Å²) in [6.07, 6.45) is 0.797. The van der Waals surface area contributed by atoms with Crippen LogP contribution in [0.3, 0.4) is 0 Å². The van der Waals surface area contributed by atoms with Crippen molar-refractivity contribution in [3.05, 3.63) is 64.9 Å². The summed E-state index contributed by atoms with van der Waals surface area (Å²) < 4.78 is 12.9. The fourth-order valence-corrected chi connectivity index (χ4v) is 4.17. The van der Waals surface area contributed by atoms with Crippen LogP contribution in [-0.4, -0.2) is 46.6 Å². The molecule has 0 aromatic heterocycles. The van der Waals surface area contributed by atoms with Gasteiger partial charge in [0, 0.05) is 35.3 Å². The minimum atomic E-state index is -0.825. The summed E-state index contributed by atoms with van der Waals surface area (Å²) in [5.41, 5.74) is 0.0727. The van der Waals surface area contributed by atoms with Gasteiger partial charge in [0.1, 0.15) is 5.82 Å². The molecule has 2 aromatic carbocycles. The number of likely N-dealkylation sites (tertiary alicyclic amines) is 1. The van der Waals surface area contributed by atoms with E-state index >= 15 is 0 Å². The van der Waals surface area contributed by atoms with E-state index in [9.17, 15) is 14.6 Å². The average molecular weight is 396 g/mol. The van der Waals surface area contributed by atoms with Gasteiger partial charge in [-0.15, -0.1) is 11.8 Å². The van der Waals surface area contributed by atoms with E-state index in [0.29, 0.717) is 30.2 Å². The first-order valence-electron chi connectivity index (χ1n) is 8.72. The van der Waals surface area contributed by atoms with Crippen molar-refractivity contribution in [3.63, 3.8) is 0 Å². The maximum atomic E-state index is 12.9. The molecule has 0 saturated carbocycles. The number of hydrogen-bond acceptors (Lipinski definition) is 4. The van der Waals surface area contributed by atoms with E-state index in [1.807, 2.05) is 12.1 Å². The van der Waals surface area contributed by atoms with Crippen LogP contribution in [0.5, 0.6) is 0 Å². The highest BCUT2D eigenvalue weighted by atomic mass is 35.5. The van der Waals surface area contributed by atoms with E-state index in [1.54, 1.807) is 24.3 Å². The first-order chi connectivity index (χ1) is 12.4. The Morgan fingerprint density at radius 2 is 1.69 bits per heavy atom. The standard InChI is InChI=1S/C20H23ClFNO2S/c21-16-3-1-15(2-4-16)20(25)9-11-23(12-10-20)13-18(24)14-26-19-7-5-17(22)6-8-19/h1-8,18,24-25H,9-14H2. The fourth-order valence-electron chi connectivity index (χ4n) is 3.23. The van der Waals surface area contributed by atoms with E-state index in [-0.39, 0.29) is 5.82 Å². The van der Waals surface area contributed by atoms with Crippen molar-refractivity contribution in [1.82, 2.24) is 4.90 Å². The zero-order valence-corrected chi connectivity index (χ0v) is 16.0. The quantitative estimate of drug-likeness (QED) is 0.728. The fraction of sp³-hybridized carbons (Fsp3) is 0.400. The van der Waals surface area contributed by atoms with Crippen molar-refractivity contribution < 1.29 is 14.6 Å². The van der Waals surface area contributed by atoms with Crippen molar-refractivity contribution in [2.24, 2.45) is 0 Å². The van der Waals surface area contributed by atoms with Crippen LogP contribution < -0.4 is 0 Å². The molecular weight excluding hydrogens is 373 g/mol. The number of rotatable bonds is 6. The first-order valence-corrected chi connectivity index (χ1v) is 10.1. The molecular formula is C20H23ClFNO2S. The summed E-state index contributed by atoms with van der Waals surface area (Å²) in [5, 5.41) is 21.8. The molecule has 0 spiro atoms. The number of nitrogens with zero attached hydrogens (tertiary/aromatic N) is 1. The molecule has 3 nitrogen and oxygen atoms in total. The van der Waals surface area contributed by atoms with Crippen LogP contribution in [0.2, 0.25) is 5.02 Å². The van der Waals surface area contributed by atoms with Gasteiger partial charge >= 0.3 is 0 Å². The van der Waals surface area contributed by atoms with Crippen molar-refractivity contribution in [3.8, 4) is 0 Å². The van der Waals surface area contributed by atoms with Gasteiger partial charge in [0.05, 0.1) is 11.7 Å². The van der Waals surface area contributed by atoms with E-state index in [2.05, 4.69) is 4.90 Å². The molecule has 1 atom stereocenters. The van der Waals surface area contributed by atoms with Crippen LogP contribution >= 0.6 is 23.4 Å². The molecule has 1 aliphatic heterocycles. The van der Waals surface area contributed by atoms with Gasteiger partial charge < -0.3 is 15.1 Å². The summed E-state index contributed by atoms with van der Waals surface area (Å²) in [6, 6.07) is 13.7. The van der Waals surface area contributed by atoms with Gasteiger partial charge in [-0.3, -0.25) is 0 Å². The molecule has 0 amide bonds. The maximum Gasteiger partial charge on any atom is 0.123 e. The van der Waals surface area contributed by atoms with Crippen molar-refractivity contribution in [2.75, 3.05) is 25.4 Å². The Morgan fingerprint density at radius 1 is 1.08 bits per heavy atom. The van der Waals surface area contributed by atoms with Crippen LogP contribution in [0.4, 0.5) is 4.39 Å². The van der Waals surface area contributed by atoms with E-state index in [0.717, 1.165) is 23.5 Å². The Morgan fingerprint density at radius 3 is 2.31 bits per heavy atom. The lowest BCUT2D eigenvalue weighted by Crippen LogP contribution is -2.45. The van der Waals surface area contributed by atoms with Crippen LogP contribution in [0.25, 0.3) is 0 Å². The van der Waals surface area contributed by atoms with Gasteiger partial charge in [-0.2, -0.15) is 0 Å². The third kappa shape index (κ3) is 5.21. The Hall–Kier alpha value is -1.11. The number of aliphatic hydroxyl groups is 2. The lowest BCUT2D eigenvalue weighted by Gasteiger charge is -2.39. The average Bonchev–Trinajstić information content (AvgIpc) is 2.64. The van der Waals surface area contributed by atoms with Gasteiger partial charge in [0.15, 0.2) is 0 Å². The highest BCUT2D eigenvalue weighted by molar-refractivity contribution is 7.99. The van der Waals surface area contributed by atoms with Gasteiger partial charge in [-0.25, -0.2) is 4.39 Å². The topological polar surface area (TPSA) is 43.7 Å². The number of hydrogen-bond donors (Lipinski definition) is 2. The Bertz CT molecular complexity index is 703. The molecule has 0 radical (unpaired) electrons. The minimum absolute atomic E-state index is 0.253. The van der Waals surface area contributed by atoms with Crippen molar-refractivity contribution >= 4 is 23.4 Å². The van der Waals surface area contributed by atoms with E-state index in [1.165, 1.54) is 23.9 Å². The molecule has 6 heteroatoms. The number of β-amino-alcohol motifs (C(OH)–C–C–N with tert-alkyl or cyclic N) is 1. The molecule has 140 valence electrons. The van der Waals surface area contributed by atoms with Gasteiger partial charge in [0.2, 0.25) is 0 Å². The van der Waals surface area contributed by atoms with E-state index < -0.39 is 11.7 Å². The second-order valence-corrected chi connectivity index (χ2v) is 8.29. The minimum Gasteiger partial charge on any atom is -0.391 e. The second-order valence-electron chi connectivity index (χ2n) is 6.76. The van der Waals surface area contributed by atoms with Crippen LogP contribution in [-0.2, 0) is 5.60 Å². The predicted molar refractivity (Wildman–Crippen MR) is 104 cm³/mol. The SMILES string of the molecule is OC(CSc1ccc(F)cc1)CN1CCC(O)(c2ccc(Cl)cc2)CC1. The highest BCUT2D eigenvalue weighted by Gasteiger charge is 2.34. The summed E-state index contributed by atoms with van der Waals surface area (Å²) in [7, 11) is 0. The molecule has 2 aromatic rings. The summed E-state index contributed by atoms with van der Waals surface area (Å²) in [5.74, 6) is 0.306. The molecule has 1 unspecified atom stereocenters. The first kappa shape index (κ1) is 19.6. The van der Waals surface area contributed by atoms with Gasteiger partial charge in [-0.05, 0) is 54.8 Å². The molecule has 1 heterocycles. The van der Waals surface area contributed by atoms with Crippen molar-refractivity contribution in [1.29, 1.82) is 0 Å².